The smallest absolute Gasteiger partial charge is 0.271 e. The van der Waals surface area contributed by atoms with E-state index < -0.39 is 16.7 Å². The van der Waals surface area contributed by atoms with E-state index in [9.17, 15) is 19.7 Å². The van der Waals surface area contributed by atoms with Crippen molar-refractivity contribution in [2.45, 2.75) is 13.0 Å². The maximum absolute atomic E-state index is 13.5. The van der Waals surface area contributed by atoms with Crippen LogP contribution in [0.1, 0.15) is 32.7 Å². The number of methoxy groups -OCH3 is 2. The average Bonchev–Trinajstić information content (AvgIpc) is 3.03. The van der Waals surface area contributed by atoms with Gasteiger partial charge in [0.25, 0.3) is 17.5 Å². The highest BCUT2D eigenvalue weighted by atomic mass is 16.6. The van der Waals surface area contributed by atoms with E-state index >= 15 is 0 Å². The van der Waals surface area contributed by atoms with Gasteiger partial charge in [0.1, 0.15) is 17.2 Å². The maximum Gasteiger partial charge on any atom is 0.271 e. The summed E-state index contributed by atoms with van der Waals surface area (Å²) in [6.07, 6.45) is 0.672. The first kappa shape index (κ1) is 30.5. The Bertz CT molecular complexity index is 1560. The largest absolute Gasteiger partial charge is 0.497 e. The van der Waals surface area contributed by atoms with E-state index in [1.54, 1.807) is 36.4 Å². The molecule has 2 amide bonds. The lowest BCUT2D eigenvalue weighted by molar-refractivity contribution is -0.384. The fourth-order valence-electron chi connectivity index (χ4n) is 4.15. The number of anilines is 2. The first-order valence-corrected chi connectivity index (χ1v) is 13.5. The van der Waals surface area contributed by atoms with Crippen molar-refractivity contribution in [2.24, 2.45) is 0 Å². The number of ether oxygens (including phenoxy) is 3. The van der Waals surface area contributed by atoms with Crippen LogP contribution in [-0.2, 0) is 6.54 Å². The van der Waals surface area contributed by atoms with E-state index in [4.69, 9.17) is 14.2 Å². The zero-order valence-electron chi connectivity index (χ0n) is 23.8. The highest BCUT2D eigenvalue weighted by Crippen LogP contribution is 2.29. The van der Waals surface area contributed by atoms with Crippen molar-refractivity contribution in [3.05, 3.63) is 118 Å². The van der Waals surface area contributed by atoms with Gasteiger partial charge >= 0.3 is 0 Å². The molecule has 4 aromatic carbocycles. The van der Waals surface area contributed by atoms with Crippen LogP contribution in [0.15, 0.2) is 91.0 Å². The number of carbonyl (C=O) groups is 2. The molecular formula is C32H32N4O7. The summed E-state index contributed by atoms with van der Waals surface area (Å²) in [6.45, 7) is 1.74. The Morgan fingerprint density at radius 1 is 0.791 bits per heavy atom. The predicted octanol–water partition coefficient (Wildman–Crippen LogP) is 5.68. The normalized spacial score (nSPS) is 10.5. The minimum atomic E-state index is -0.612. The summed E-state index contributed by atoms with van der Waals surface area (Å²) >= 11 is 0. The van der Waals surface area contributed by atoms with E-state index in [0.29, 0.717) is 36.8 Å². The SMILES string of the molecule is COc1ccc(NC(=O)c2ccc([N+](=O)[O-])cc2NC(=O)c2ccc(OC)cc2OCCCNCc2ccccc2)cc1. The Balaban J connectivity index is 1.47. The number of hydrogen-bond donors (Lipinski definition) is 3. The van der Waals surface area contributed by atoms with Gasteiger partial charge < -0.3 is 30.2 Å². The topological polar surface area (TPSA) is 141 Å². The summed E-state index contributed by atoms with van der Waals surface area (Å²) in [5.41, 5.74) is 1.54. The fraction of sp³-hybridized carbons (Fsp3) is 0.188. The van der Waals surface area contributed by atoms with Crippen LogP contribution in [0.4, 0.5) is 17.1 Å². The predicted molar refractivity (Wildman–Crippen MR) is 163 cm³/mol. The van der Waals surface area contributed by atoms with Gasteiger partial charge in [-0.3, -0.25) is 19.7 Å². The van der Waals surface area contributed by atoms with Crippen molar-refractivity contribution in [3.8, 4) is 17.2 Å². The van der Waals surface area contributed by atoms with Gasteiger partial charge in [-0.25, -0.2) is 0 Å². The third-order valence-electron chi connectivity index (χ3n) is 6.42. The van der Waals surface area contributed by atoms with Crippen molar-refractivity contribution in [2.75, 3.05) is 38.0 Å². The lowest BCUT2D eigenvalue weighted by atomic mass is 10.1. The molecule has 222 valence electrons. The average molecular weight is 585 g/mol. The molecule has 0 atom stereocenters. The summed E-state index contributed by atoms with van der Waals surface area (Å²) in [7, 11) is 3.03. The van der Waals surface area contributed by atoms with E-state index in [2.05, 4.69) is 16.0 Å². The van der Waals surface area contributed by atoms with Gasteiger partial charge in [-0.15, -0.1) is 0 Å². The summed E-state index contributed by atoms with van der Waals surface area (Å²) < 4.78 is 16.4. The number of non-ortho nitro benzene ring substituents is 1. The lowest BCUT2D eigenvalue weighted by Gasteiger charge is -2.15. The Kier molecular flexibility index (Phi) is 10.6. The molecule has 0 radical (unpaired) electrons. The van der Waals surface area contributed by atoms with Gasteiger partial charge in [0, 0.05) is 30.4 Å². The second-order valence-electron chi connectivity index (χ2n) is 9.35. The lowest BCUT2D eigenvalue weighted by Crippen LogP contribution is -2.20. The number of carbonyl (C=O) groups excluding carboxylic acids is 2. The molecular weight excluding hydrogens is 552 g/mol. The van der Waals surface area contributed by atoms with Crippen molar-refractivity contribution < 1.29 is 28.7 Å². The molecule has 4 rings (SSSR count). The van der Waals surface area contributed by atoms with Gasteiger partial charge in [-0.2, -0.15) is 0 Å². The Morgan fingerprint density at radius 2 is 1.47 bits per heavy atom. The van der Waals surface area contributed by atoms with E-state index in [1.165, 1.54) is 38.0 Å². The molecule has 0 spiro atoms. The van der Waals surface area contributed by atoms with Crippen molar-refractivity contribution in [1.29, 1.82) is 0 Å². The molecule has 0 saturated heterocycles. The molecule has 0 aromatic heterocycles. The molecule has 0 bridgehead atoms. The fourth-order valence-corrected chi connectivity index (χ4v) is 4.15. The van der Waals surface area contributed by atoms with Crippen LogP contribution < -0.4 is 30.2 Å². The first-order valence-electron chi connectivity index (χ1n) is 13.5. The summed E-state index contributed by atoms with van der Waals surface area (Å²) in [6, 6.07) is 25.1. The van der Waals surface area contributed by atoms with Crippen molar-refractivity contribution in [1.82, 2.24) is 5.32 Å². The second kappa shape index (κ2) is 15.0. The number of amides is 2. The number of hydrogen-bond acceptors (Lipinski definition) is 8. The number of rotatable bonds is 14. The van der Waals surface area contributed by atoms with Crippen LogP contribution in [0.5, 0.6) is 17.2 Å². The molecule has 0 heterocycles. The molecule has 11 nitrogen and oxygen atoms in total. The van der Waals surface area contributed by atoms with Crippen molar-refractivity contribution in [3.63, 3.8) is 0 Å². The van der Waals surface area contributed by atoms with Crippen LogP contribution in [0.3, 0.4) is 0 Å². The Hall–Kier alpha value is -5.42. The minimum absolute atomic E-state index is 0.0305. The zero-order valence-corrected chi connectivity index (χ0v) is 23.8. The van der Waals surface area contributed by atoms with Crippen LogP contribution in [0.2, 0.25) is 0 Å². The number of nitro benzene ring substituents is 1. The van der Waals surface area contributed by atoms with Gasteiger partial charge in [-0.05, 0) is 61.0 Å². The zero-order chi connectivity index (χ0) is 30.6. The maximum atomic E-state index is 13.5. The minimum Gasteiger partial charge on any atom is -0.497 e. The van der Waals surface area contributed by atoms with E-state index in [-0.39, 0.29) is 28.3 Å². The molecule has 0 saturated carbocycles. The molecule has 43 heavy (non-hydrogen) atoms. The number of nitro groups is 1. The summed E-state index contributed by atoms with van der Waals surface area (Å²) in [5.74, 6) is 0.198. The van der Waals surface area contributed by atoms with Gasteiger partial charge in [0.2, 0.25) is 0 Å². The monoisotopic (exact) mass is 584 g/mol. The number of benzene rings is 4. The molecule has 4 aromatic rings. The quantitative estimate of drug-likeness (QED) is 0.0977. The van der Waals surface area contributed by atoms with Crippen LogP contribution in [0, 0.1) is 10.1 Å². The molecule has 0 aliphatic heterocycles. The molecule has 0 fully saturated rings. The van der Waals surface area contributed by atoms with Gasteiger partial charge in [0.15, 0.2) is 0 Å². The molecule has 0 aliphatic rings. The first-order chi connectivity index (χ1) is 20.9. The van der Waals surface area contributed by atoms with Crippen molar-refractivity contribution >= 4 is 28.9 Å². The molecule has 0 unspecified atom stereocenters. The van der Waals surface area contributed by atoms with E-state index in [0.717, 1.165) is 12.6 Å². The Labute approximate surface area is 248 Å². The highest BCUT2D eigenvalue weighted by molar-refractivity contribution is 6.13. The second-order valence-corrected chi connectivity index (χ2v) is 9.35. The third-order valence-corrected chi connectivity index (χ3v) is 6.42. The van der Waals surface area contributed by atoms with Crippen LogP contribution >= 0.6 is 0 Å². The highest BCUT2D eigenvalue weighted by Gasteiger charge is 2.21. The molecule has 3 N–H and O–H groups in total. The summed E-state index contributed by atoms with van der Waals surface area (Å²) in [4.78, 5) is 37.5. The molecule has 0 aliphatic carbocycles. The van der Waals surface area contributed by atoms with Crippen LogP contribution in [0.25, 0.3) is 0 Å². The standard InChI is InChI=1S/C32H32N4O7/c1-41-25-12-9-23(10-13-25)34-31(37)27-15-11-24(36(39)40)19-29(27)35-32(38)28-16-14-26(42-2)20-30(28)43-18-6-17-33-21-22-7-4-3-5-8-22/h3-5,7-16,19-20,33H,6,17-18,21H2,1-2H3,(H,34,37)(H,35,38). The number of nitrogens with zero attached hydrogens (tertiary/aromatic N) is 1. The van der Waals surface area contributed by atoms with E-state index in [1.807, 2.05) is 30.3 Å². The van der Waals surface area contributed by atoms with Gasteiger partial charge in [0.05, 0.1) is 42.6 Å². The number of nitrogens with one attached hydrogen (secondary N) is 3. The molecule has 11 heteroatoms. The summed E-state index contributed by atoms with van der Waals surface area (Å²) in [5, 5.41) is 20.2. The van der Waals surface area contributed by atoms with Crippen LogP contribution in [-0.4, -0.2) is 44.1 Å². The Morgan fingerprint density at radius 3 is 2.16 bits per heavy atom. The van der Waals surface area contributed by atoms with Gasteiger partial charge in [-0.1, -0.05) is 30.3 Å². The third kappa shape index (κ3) is 8.54.